The highest BCUT2D eigenvalue weighted by atomic mass is 19.1. The molecule has 1 rings (SSSR count). The molecule has 1 aromatic carbocycles. The summed E-state index contributed by atoms with van der Waals surface area (Å²) >= 11 is 0. The van der Waals surface area contributed by atoms with Gasteiger partial charge in [-0.25, -0.2) is 4.39 Å². The number of para-hydroxylation sites is 1. The Morgan fingerprint density at radius 1 is 1.30 bits per heavy atom. The number of hydrogen-bond donors (Lipinski definition) is 1. The van der Waals surface area contributed by atoms with Crippen molar-refractivity contribution in [1.82, 2.24) is 0 Å². The smallest absolute Gasteiger partial charge is 0.226 e. The van der Waals surface area contributed by atoms with Crippen LogP contribution in [0.3, 0.4) is 0 Å². The minimum absolute atomic E-state index is 0.0576. The average Bonchev–Trinajstić information content (AvgIpc) is 2.42. The van der Waals surface area contributed by atoms with Crippen LogP contribution in [0.15, 0.2) is 24.3 Å². The summed E-state index contributed by atoms with van der Waals surface area (Å²) in [5.41, 5.74) is 5.93. The van der Waals surface area contributed by atoms with Crippen LogP contribution in [0.5, 0.6) is 0 Å². The molecule has 1 amide bonds. The molecule has 0 radical (unpaired) electrons. The van der Waals surface area contributed by atoms with E-state index in [9.17, 15) is 9.18 Å². The van der Waals surface area contributed by atoms with Gasteiger partial charge in [-0.1, -0.05) is 26.0 Å². The van der Waals surface area contributed by atoms with Crippen molar-refractivity contribution in [2.24, 2.45) is 17.6 Å². The molecule has 112 valence electrons. The fourth-order valence-corrected chi connectivity index (χ4v) is 2.36. The topological polar surface area (TPSA) is 46.3 Å². The number of halogens is 1. The van der Waals surface area contributed by atoms with Gasteiger partial charge in [-0.15, -0.1) is 0 Å². The van der Waals surface area contributed by atoms with Crippen LogP contribution in [0.25, 0.3) is 0 Å². The first-order valence-corrected chi connectivity index (χ1v) is 7.18. The number of carbonyl (C=O) groups excluding carboxylic acids is 1. The van der Waals surface area contributed by atoms with Crippen molar-refractivity contribution in [2.45, 2.75) is 33.1 Å². The molecular formula is C16H25FN2O. The molecule has 1 aromatic rings. The van der Waals surface area contributed by atoms with E-state index in [0.717, 1.165) is 12.8 Å². The summed E-state index contributed by atoms with van der Waals surface area (Å²) in [5, 5.41) is 0. The average molecular weight is 280 g/mol. The summed E-state index contributed by atoms with van der Waals surface area (Å²) in [6.45, 7) is 4.93. The quantitative estimate of drug-likeness (QED) is 0.833. The van der Waals surface area contributed by atoms with Gasteiger partial charge in [0, 0.05) is 13.5 Å². The highest BCUT2D eigenvalue weighted by molar-refractivity contribution is 5.92. The molecular weight excluding hydrogens is 255 g/mol. The summed E-state index contributed by atoms with van der Waals surface area (Å²) in [7, 11) is 1.62. The highest BCUT2D eigenvalue weighted by Crippen LogP contribution is 2.23. The van der Waals surface area contributed by atoms with E-state index in [2.05, 4.69) is 13.8 Å². The van der Waals surface area contributed by atoms with Gasteiger partial charge in [0.05, 0.1) is 5.69 Å². The van der Waals surface area contributed by atoms with Gasteiger partial charge in [-0.2, -0.15) is 0 Å². The molecule has 0 aliphatic rings. The highest BCUT2D eigenvalue weighted by Gasteiger charge is 2.18. The first kappa shape index (κ1) is 16.6. The van der Waals surface area contributed by atoms with E-state index >= 15 is 0 Å². The fraction of sp³-hybridized carbons (Fsp3) is 0.562. The Morgan fingerprint density at radius 3 is 2.50 bits per heavy atom. The van der Waals surface area contributed by atoms with Gasteiger partial charge >= 0.3 is 0 Å². The van der Waals surface area contributed by atoms with Crippen LogP contribution in [0.2, 0.25) is 0 Å². The second-order valence-corrected chi connectivity index (χ2v) is 5.52. The van der Waals surface area contributed by atoms with E-state index in [0.29, 0.717) is 30.5 Å². The molecule has 0 aliphatic carbocycles. The van der Waals surface area contributed by atoms with Gasteiger partial charge in [0.15, 0.2) is 0 Å². The summed E-state index contributed by atoms with van der Waals surface area (Å²) in [6.07, 6.45) is 2.15. The van der Waals surface area contributed by atoms with Crippen molar-refractivity contribution in [3.63, 3.8) is 0 Å². The lowest BCUT2D eigenvalue weighted by Gasteiger charge is -2.22. The number of benzene rings is 1. The van der Waals surface area contributed by atoms with Gasteiger partial charge in [0.25, 0.3) is 0 Å². The summed E-state index contributed by atoms with van der Waals surface area (Å²) in [5.74, 6) is 0.520. The number of anilines is 1. The zero-order valence-corrected chi connectivity index (χ0v) is 12.6. The third-order valence-corrected chi connectivity index (χ3v) is 3.80. The number of carbonyl (C=O) groups is 1. The number of amides is 1. The van der Waals surface area contributed by atoms with E-state index in [4.69, 9.17) is 5.73 Å². The molecule has 0 saturated carbocycles. The van der Waals surface area contributed by atoms with Gasteiger partial charge in [-0.05, 0) is 43.4 Å². The van der Waals surface area contributed by atoms with Crippen molar-refractivity contribution >= 4 is 11.6 Å². The lowest BCUT2D eigenvalue weighted by molar-refractivity contribution is -0.118. The lowest BCUT2D eigenvalue weighted by atomic mass is 9.88. The number of rotatable bonds is 7. The van der Waals surface area contributed by atoms with Gasteiger partial charge < -0.3 is 10.6 Å². The van der Waals surface area contributed by atoms with Crippen LogP contribution in [0.4, 0.5) is 10.1 Å². The summed E-state index contributed by atoms with van der Waals surface area (Å²) < 4.78 is 13.6. The van der Waals surface area contributed by atoms with Crippen molar-refractivity contribution in [1.29, 1.82) is 0 Å². The molecule has 0 saturated heterocycles. The Morgan fingerprint density at radius 2 is 1.95 bits per heavy atom. The minimum Gasteiger partial charge on any atom is -0.330 e. The van der Waals surface area contributed by atoms with Crippen molar-refractivity contribution < 1.29 is 9.18 Å². The normalized spacial score (nSPS) is 12.5. The zero-order valence-electron chi connectivity index (χ0n) is 12.6. The molecule has 0 aliphatic heterocycles. The number of hydrogen-bond acceptors (Lipinski definition) is 2. The Bertz CT molecular complexity index is 434. The molecule has 4 heteroatoms. The maximum absolute atomic E-state index is 13.6. The molecule has 0 bridgehead atoms. The van der Waals surface area contributed by atoms with Crippen LogP contribution >= 0.6 is 0 Å². The predicted molar refractivity (Wildman–Crippen MR) is 81.0 cm³/mol. The van der Waals surface area contributed by atoms with Gasteiger partial charge in [0.2, 0.25) is 5.91 Å². The van der Waals surface area contributed by atoms with Crippen LogP contribution in [0, 0.1) is 17.7 Å². The zero-order chi connectivity index (χ0) is 15.1. The lowest BCUT2D eigenvalue weighted by Crippen LogP contribution is -2.28. The molecule has 0 aromatic heterocycles. The Hall–Kier alpha value is -1.42. The van der Waals surface area contributed by atoms with E-state index in [-0.39, 0.29) is 11.7 Å². The number of nitrogens with zero attached hydrogens (tertiary/aromatic N) is 1. The van der Waals surface area contributed by atoms with Gasteiger partial charge in [0.1, 0.15) is 5.82 Å². The predicted octanol–water partition coefficient (Wildman–Crippen LogP) is 3.19. The minimum atomic E-state index is -0.370. The molecule has 1 unspecified atom stereocenters. The van der Waals surface area contributed by atoms with Crippen molar-refractivity contribution in [3.05, 3.63) is 30.1 Å². The third kappa shape index (κ3) is 4.60. The first-order chi connectivity index (χ1) is 9.47. The largest absolute Gasteiger partial charge is 0.330 e. The molecule has 1 atom stereocenters. The second kappa shape index (κ2) is 8.00. The second-order valence-electron chi connectivity index (χ2n) is 5.52. The van der Waals surface area contributed by atoms with Crippen LogP contribution in [-0.4, -0.2) is 19.5 Å². The fourth-order valence-electron chi connectivity index (χ4n) is 2.36. The molecule has 0 fully saturated rings. The van der Waals surface area contributed by atoms with Crippen LogP contribution in [0.1, 0.15) is 33.1 Å². The van der Waals surface area contributed by atoms with E-state index in [1.165, 1.54) is 11.0 Å². The molecule has 0 spiro atoms. The van der Waals surface area contributed by atoms with E-state index in [1.54, 1.807) is 25.2 Å². The third-order valence-electron chi connectivity index (χ3n) is 3.80. The Balaban J connectivity index is 2.60. The SMILES string of the molecule is CC(C)C(CCN)CCC(=O)N(C)c1ccccc1F. The maximum atomic E-state index is 13.6. The molecule has 20 heavy (non-hydrogen) atoms. The van der Waals surface area contributed by atoms with Crippen LogP contribution < -0.4 is 10.6 Å². The molecule has 3 nitrogen and oxygen atoms in total. The Kier molecular flexibility index (Phi) is 6.65. The summed E-state index contributed by atoms with van der Waals surface area (Å²) in [6, 6.07) is 6.33. The summed E-state index contributed by atoms with van der Waals surface area (Å²) in [4.78, 5) is 13.6. The Labute approximate surface area is 121 Å². The maximum Gasteiger partial charge on any atom is 0.226 e. The van der Waals surface area contributed by atoms with E-state index < -0.39 is 0 Å². The monoisotopic (exact) mass is 280 g/mol. The molecule has 2 N–H and O–H groups in total. The standard InChI is InChI=1S/C16H25FN2O/c1-12(2)13(10-11-18)8-9-16(20)19(3)15-7-5-4-6-14(15)17/h4-7,12-13H,8-11,18H2,1-3H3. The van der Waals surface area contributed by atoms with Crippen LogP contribution in [-0.2, 0) is 4.79 Å². The van der Waals surface area contributed by atoms with E-state index in [1.807, 2.05) is 0 Å². The first-order valence-electron chi connectivity index (χ1n) is 7.18. The number of nitrogens with two attached hydrogens (primary N) is 1. The van der Waals surface area contributed by atoms with Gasteiger partial charge in [-0.3, -0.25) is 4.79 Å². The molecule has 0 heterocycles. The van der Waals surface area contributed by atoms with Crippen molar-refractivity contribution in [3.8, 4) is 0 Å². The van der Waals surface area contributed by atoms with Crippen molar-refractivity contribution in [2.75, 3.05) is 18.5 Å².